The summed E-state index contributed by atoms with van der Waals surface area (Å²) in [7, 11) is -1.52. The summed E-state index contributed by atoms with van der Waals surface area (Å²) in [5.74, 6) is 0.578. The molecule has 28 heavy (non-hydrogen) atoms. The number of fused-ring (bicyclic) bond motifs is 3. The molecule has 4 aromatic rings. The maximum Gasteiger partial charge on any atom is 0.144 e. The lowest BCUT2D eigenvalue weighted by atomic mass is 9.93. The molecular weight excluding hydrogens is 358 g/mol. The number of furan rings is 1. The van der Waals surface area contributed by atoms with E-state index in [1.165, 1.54) is 21.5 Å². The zero-order valence-electron chi connectivity index (χ0n) is 17.5. The lowest BCUT2D eigenvalue weighted by molar-refractivity contribution is 0.641. The van der Waals surface area contributed by atoms with Crippen molar-refractivity contribution in [3.05, 3.63) is 60.3 Å². The first kappa shape index (κ1) is 18.9. The summed E-state index contributed by atoms with van der Waals surface area (Å²) in [6.07, 6.45) is 4.24. The third kappa shape index (κ3) is 3.18. The maximum absolute atomic E-state index is 6.41. The molecule has 2 aromatic heterocycles. The van der Waals surface area contributed by atoms with E-state index >= 15 is 0 Å². The van der Waals surface area contributed by atoms with Gasteiger partial charge in [-0.3, -0.25) is 4.98 Å². The highest BCUT2D eigenvalue weighted by atomic mass is 28.3. The molecule has 0 N–H and O–H groups in total. The third-order valence-electron chi connectivity index (χ3n) is 5.85. The van der Waals surface area contributed by atoms with Gasteiger partial charge in [-0.05, 0) is 53.8 Å². The Morgan fingerprint density at radius 3 is 2.43 bits per heavy atom. The monoisotopic (exact) mass is 387 g/mol. The second-order valence-electron chi connectivity index (χ2n) is 8.70. The lowest BCUT2D eigenvalue weighted by Crippen LogP contribution is -2.37. The quantitative estimate of drug-likeness (QED) is 0.341. The van der Waals surface area contributed by atoms with Gasteiger partial charge in [-0.25, -0.2) is 0 Å². The molecule has 2 nitrogen and oxygen atoms in total. The maximum atomic E-state index is 6.41. The minimum atomic E-state index is -1.52. The van der Waals surface area contributed by atoms with Gasteiger partial charge in [0.15, 0.2) is 0 Å². The Kier molecular flexibility index (Phi) is 4.88. The van der Waals surface area contributed by atoms with Crippen molar-refractivity contribution in [2.45, 2.75) is 52.2 Å². The van der Waals surface area contributed by atoms with Crippen molar-refractivity contribution in [2.24, 2.45) is 0 Å². The van der Waals surface area contributed by atoms with Gasteiger partial charge < -0.3 is 4.42 Å². The van der Waals surface area contributed by atoms with Crippen LogP contribution in [-0.4, -0.2) is 13.1 Å². The molecule has 0 saturated carbocycles. The molecule has 144 valence electrons. The first-order valence-electron chi connectivity index (χ1n) is 10.3. The fraction of sp³-hybridized carbons (Fsp3) is 0.320. The molecule has 0 atom stereocenters. The summed E-state index contributed by atoms with van der Waals surface area (Å²) in [6, 6.07) is 17.4. The molecule has 4 rings (SSSR count). The number of para-hydroxylation sites is 1. The van der Waals surface area contributed by atoms with Gasteiger partial charge in [0.05, 0.1) is 13.8 Å². The minimum absolute atomic E-state index is 0.578. The summed E-state index contributed by atoms with van der Waals surface area (Å²) >= 11 is 0. The molecule has 0 saturated heterocycles. The molecule has 0 fully saturated rings. The summed E-state index contributed by atoms with van der Waals surface area (Å²) in [5, 5.41) is 3.95. The van der Waals surface area contributed by atoms with E-state index < -0.39 is 8.07 Å². The highest BCUT2D eigenvalue weighted by molar-refractivity contribution is 6.90. The topological polar surface area (TPSA) is 26.0 Å². The molecule has 0 radical (unpaired) electrons. The van der Waals surface area contributed by atoms with Gasteiger partial charge >= 0.3 is 0 Å². The van der Waals surface area contributed by atoms with Crippen LogP contribution in [-0.2, 0) is 0 Å². The van der Waals surface area contributed by atoms with Crippen LogP contribution < -0.4 is 5.19 Å². The summed E-state index contributed by atoms with van der Waals surface area (Å²) < 4.78 is 6.41. The fourth-order valence-electron chi connectivity index (χ4n) is 4.26. The van der Waals surface area contributed by atoms with E-state index in [9.17, 15) is 0 Å². The van der Waals surface area contributed by atoms with Crippen molar-refractivity contribution < 1.29 is 4.42 Å². The van der Waals surface area contributed by atoms with Gasteiger partial charge in [0.25, 0.3) is 0 Å². The van der Waals surface area contributed by atoms with Gasteiger partial charge in [-0.1, -0.05) is 57.8 Å². The standard InChI is InChI=1S/C25H29NOSi/c1-6-17(7-2)18-14-15-26-21(16-18)19-12-13-23(28(3,4)5)24-20-10-8-9-11-22(20)27-25(19)24/h8-17H,6-7H2,1-5H3. The second kappa shape index (κ2) is 7.21. The van der Waals surface area contributed by atoms with Crippen LogP contribution in [0, 0.1) is 0 Å². The molecule has 0 aliphatic carbocycles. The van der Waals surface area contributed by atoms with E-state index in [4.69, 9.17) is 9.40 Å². The van der Waals surface area contributed by atoms with E-state index in [0.29, 0.717) is 5.92 Å². The Balaban J connectivity index is 2.01. The molecule has 0 aliphatic rings. The SMILES string of the molecule is CCC(CC)c1ccnc(-c2ccc([Si](C)(C)C)c3c2oc2ccccc23)c1. The van der Waals surface area contributed by atoms with E-state index in [2.05, 4.69) is 76.0 Å². The van der Waals surface area contributed by atoms with E-state index in [1.54, 1.807) is 0 Å². The third-order valence-corrected chi connectivity index (χ3v) is 7.88. The van der Waals surface area contributed by atoms with Crippen LogP contribution in [0.15, 0.2) is 59.1 Å². The van der Waals surface area contributed by atoms with Crippen LogP contribution in [0.2, 0.25) is 19.6 Å². The number of hydrogen-bond donors (Lipinski definition) is 0. The largest absolute Gasteiger partial charge is 0.455 e. The first-order valence-corrected chi connectivity index (χ1v) is 13.8. The van der Waals surface area contributed by atoms with Crippen LogP contribution in [0.1, 0.15) is 38.2 Å². The molecule has 0 unspecified atom stereocenters. The number of pyridine rings is 1. The number of aromatic nitrogens is 1. The van der Waals surface area contributed by atoms with Gasteiger partial charge in [0.1, 0.15) is 11.2 Å². The molecule has 0 bridgehead atoms. The van der Waals surface area contributed by atoms with Crippen molar-refractivity contribution in [1.82, 2.24) is 4.98 Å². The average Bonchev–Trinajstić information content (AvgIpc) is 3.07. The van der Waals surface area contributed by atoms with Crippen LogP contribution in [0.25, 0.3) is 33.2 Å². The van der Waals surface area contributed by atoms with Crippen molar-refractivity contribution in [2.75, 3.05) is 0 Å². The lowest BCUT2D eigenvalue weighted by Gasteiger charge is -2.19. The Morgan fingerprint density at radius 1 is 0.964 bits per heavy atom. The zero-order chi connectivity index (χ0) is 19.9. The highest BCUT2D eigenvalue weighted by Gasteiger charge is 2.24. The van der Waals surface area contributed by atoms with E-state index in [1.807, 2.05) is 12.3 Å². The summed E-state index contributed by atoms with van der Waals surface area (Å²) in [6.45, 7) is 11.7. The van der Waals surface area contributed by atoms with Crippen LogP contribution in [0.3, 0.4) is 0 Å². The van der Waals surface area contributed by atoms with Crippen LogP contribution in [0.5, 0.6) is 0 Å². The van der Waals surface area contributed by atoms with E-state index in [0.717, 1.165) is 35.3 Å². The molecule has 0 spiro atoms. The normalized spacial score (nSPS) is 12.4. The van der Waals surface area contributed by atoms with Crippen molar-refractivity contribution >= 4 is 35.2 Å². The molecule has 2 heterocycles. The van der Waals surface area contributed by atoms with Crippen molar-refractivity contribution in [3.63, 3.8) is 0 Å². The first-order chi connectivity index (χ1) is 13.4. The molecule has 0 aliphatic heterocycles. The predicted molar refractivity (Wildman–Crippen MR) is 123 cm³/mol. The highest BCUT2D eigenvalue weighted by Crippen LogP contribution is 2.36. The Labute approximate surface area is 168 Å². The summed E-state index contributed by atoms with van der Waals surface area (Å²) in [5.41, 5.74) is 5.42. The predicted octanol–water partition coefficient (Wildman–Crippen LogP) is 7.10. The number of hydrogen-bond acceptors (Lipinski definition) is 2. The van der Waals surface area contributed by atoms with Gasteiger partial charge in [-0.2, -0.15) is 0 Å². The zero-order valence-corrected chi connectivity index (χ0v) is 18.5. The van der Waals surface area contributed by atoms with E-state index in [-0.39, 0.29) is 0 Å². The molecule has 2 aromatic carbocycles. The van der Waals surface area contributed by atoms with Crippen LogP contribution in [0.4, 0.5) is 0 Å². The van der Waals surface area contributed by atoms with Crippen molar-refractivity contribution in [3.8, 4) is 11.3 Å². The van der Waals surface area contributed by atoms with Crippen LogP contribution >= 0.6 is 0 Å². The number of nitrogens with zero attached hydrogens (tertiary/aromatic N) is 1. The van der Waals surface area contributed by atoms with Gasteiger partial charge in [0, 0.05) is 22.5 Å². The summed E-state index contributed by atoms with van der Waals surface area (Å²) in [4.78, 5) is 4.72. The number of benzene rings is 2. The Hall–Kier alpha value is -2.39. The fourth-order valence-corrected chi connectivity index (χ4v) is 5.84. The number of rotatable bonds is 5. The average molecular weight is 388 g/mol. The second-order valence-corrected chi connectivity index (χ2v) is 13.7. The van der Waals surface area contributed by atoms with Gasteiger partial charge in [-0.15, -0.1) is 0 Å². The van der Waals surface area contributed by atoms with Crippen molar-refractivity contribution in [1.29, 1.82) is 0 Å². The molecule has 0 amide bonds. The minimum Gasteiger partial charge on any atom is -0.455 e. The molecular formula is C25H29NOSi. The smallest absolute Gasteiger partial charge is 0.144 e. The Bertz CT molecular complexity index is 1130. The van der Waals surface area contributed by atoms with Gasteiger partial charge in [0.2, 0.25) is 0 Å². The Morgan fingerprint density at radius 2 is 1.71 bits per heavy atom. The molecule has 3 heteroatoms.